The zero-order chi connectivity index (χ0) is 16.8. The molecule has 2 amide bonds. The van der Waals surface area contributed by atoms with Gasteiger partial charge in [-0.3, -0.25) is 4.68 Å². The molecule has 1 unspecified atom stereocenters. The Bertz CT molecular complexity index is 642. The number of nitrogens with one attached hydrogen (secondary N) is 2. The van der Waals surface area contributed by atoms with E-state index >= 15 is 0 Å². The van der Waals surface area contributed by atoms with Crippen molar-refractivity contribution in [1.29, 1.82) is 0 Å². The molecule has 3 N–H and O–H groups in total. The highest BCUT2D eigenvalue weighted by Gasteiger charge is 2.09. The third kappa shape index (κ3) is 5.90. The number of nitrogens with zero attached hydrogens (tertiary/aromatic N) is 3. The van der Waals surface area contributed by atoms with Crippen molar-refractivity contribution in [3.63, 3.8) is 0 Å². The summed E-state index contributed by atoms with van der Waals surface area (Å²) >= 11 is 5.79. The number of benzene rings is 1. The molecule has 1 atom stereocenters. The maximum atomic E-state index is 11.9. The molecule has 1 heterocycles. The largest absolute Gasteiger partial charge is 0.390 e. The van der Waals surface area contributed by atoms with Crippen LogP contribution in [-0.2, 0) is 6.54 Å². The van der Waals surface area contributed by atoms with E-state index in [1.807, 2.05) is 19.0 Å². The van der Waals surface area contributed by atoms with Crippen molar-refractivity contribution in [1.82, 2.24) is 14.7 Å². The zero-order valence-corrected chi connectivity index (χ0v) is 13.8. The first-order valence-electron chi connectivity index (χ1n) is 7.11. The number of aliphatic hydroxyl groups excluding tert-OH is 1. The Morgan fingerprint density at radius 1 is 1.30 bits per heavy atom. The topological polar surface area (TPSA) is 82.4 Å². The number of carbonyl (C=O) groups excluding carboxylic acids is 1. The summed E-state index contributed by atoms with van der Waals surface area (Å²) in [5.41, 5.74) is 1.19. The lowest BCUT2D eigenvalue weighted by Gasteiger charge is -2.15. The lowest BCUT2D eigenvalue weighted by Crippen LogP contribution is -2.29. The molecular formula is C15H20ClN5O2. The number of halogens is 1. The second-order valence-corrected chi connectivity index (χ2v) is 5.89. The number of hydrogen-bond donors (Lipinski definition) is 3. The number of aliphatic hydroxyl groups is 1. The van der Waals surface area contributed by atoms with Crippen LogP contribution in [0, 0.1) is 0 Å². The van der Waals surface area contributed by atoms with E-state index in [0.29, 0.717) is 29.5 Å². The first-order valence-corrected chi connectivity index (χ1v) is 7.49. The van der Waals surface area contributed by atoms with Crippen LogP contribution >= 0.6 is 11.6 Å². The molecule has 1 aromatic heterocycles. The van der Waals surface area contributed by atoms with Crippen LogP contribution in [0.1, 0.15) is 0 Å². The zero-order valence-electron chi connectivity index (χ0n) is 13.0. The highest BCUT2D eigenvalue weighted by molar-refractivity contribution is 6.30. The second-order valence-electron chi connectivity index (χ2n) is 5.45. The summed E-state index contributed by atoms with van der Waals surface area (Å²) in [5.74, 6) is 0. The highest BCUT2D eigenvalue weighted by Crippen LogP contribution is 2.14. The van der Waals surface area contributed by atoms with E-state index in [0.717, 1.165) is 0 Å². The van der Waals surface area contributed by atoms with Gasteiger partial charge in [0.25, 0.3) is 0 Å². The molecule has 2 aromatic rings. The fourth-order valence-corrected chi connectivity index (χ4v) is 2.18. The maximum Gasteiger partial charge on any atom is 0.323 e. The van der Waals surface area contributed by atoms with Gasteiger partial charge < -0.3 is 20.6 Å². The number of amides is 2. The van der Waals surface area contributed by atoms with Crippen LogP contribution in [0.25, 0.3) is 0 Å². The van der Waals surface area contributed by atoms with Gasteiger partial charge in [-0.2, -0.15) is 5.10 Å². The van der Waals surface area contributed by atoms with E-state index in [9.17, 15) is 9.90 Å². The fourth-order valence-electron chi connectivity index (χ4n) is 2.05. The van der Waals surface area contributed by atoms with Crippen LogP contribution in [0.3, 0.4) is 0 Å². The van der Waals surface area contributed by atoms with Gasteiger partial charge in [0.2, 0.25) is 0 Å². The normalized spacial score (nSPS) is 12.2. The molecule has 0 saturated carbocycles. The van der Waals surface area contributed by atoms with Gasteiger partial charge in [0.05, 0.1) is 24.5 Å². The van der Waals surface area contributed by atoms with Crippen LogP contribution in [-0.4, -0.2) is 52.6 Å². The van der Waals surface area contributed by atoms with E-state index in [1.165, 1.54) is 6.20 Å². The second kappa shape index (κ2) is 7.96. The minimum Gasteiger partial charge on any atom is -0.390 e. The maximum absolute atomic E-state index is 11.9. The van der Waals surface area contributed by atoms with E-state index < -0.39 is 6.10 Å². The molecule has 2 rings (SSSR count). The average Bonchev–Trinajstić information content (AvgIpc) is 2.87. The molecule has 0 spiro atoms. The van der Waals surface area contributed by atoms with Crippen molar-refractivity contribution in [2.45, 2.75) is 12.6 Å². The van der Waals surface area contributed by atoms with E-state index in [4.69, 9.17) is 11.6 Å². The van der Waals surface area contributed by atoms with E-state index in [2.05, 4.69) is 15.7 Å². The predicted molar refractivity (Wildman–Crippen MR) is 90.9 cm³/mol. The average molecular weight is 338 g/mol. The Morgan fingerprint density at radius 3 is 2.61 bits per heavy atom. The third-order valence-corrected chi connectivity index (χ3v) is 3.22. The first kappa shape index (κ1) is 17.3. The van der Waals surface area contributed by atoms with Gasteiger partial charge in [0, 0.05) is 23.5 Å². The number of aromatic nitrogens is 2. The molecule has 0 bridgehead atoms. The molecule has 23 heavy (non-hydrogen) atoms. The molecule has 124 valence electrons. The van der Waals surface area contributed by atoms with Gasteiger partial charge in [-0.15, -0.1) is 0 Å². The first-order chi connectivity index (χ1) is 10.9. The molecule has 0 aliphatic rings. The Hall–Kier alpha value is -2.09. The minimum absolute atomic E-state index is 0.360. The van der Waals surface area contributed by atoms with Crippen molar-refractivity contribution < 1.29 is 9.90 Å². The number of likely N-dealkylation sites (N-methyl/N-ethyl adjacent to an activating group) is 1. The molecule has 0 fully saturated rings. The molecule has 1 aromatic carbocycles. The van der Waals surface area contributed by atoms with Crippen LogP contribution in [0.4, 0.5) is 16.2 Å². The summed E-state index contributed by atoms with van der Waals surface area (Å²) in [7, 11) is 3.78. The third-order valence-electron chi connectivity index (χ3n) is 2.97. The van der Waals surface area contributed by atoms with Crippen LogP contribution in [0.15, 0.2) is 36.7 Å². The SMILES string of the molecule is CN(C)CC(O)Cn1cc(NC(=O)Nc2ccc(Cl)cc2)cn1. The van der Waals surface area contributed by atoms with Crippen LogP contribution in [0.5, 0.6) is 0 Å². The number of carbonyl (C=O) groups is 1. The Morgan fingerprint density at radius 2 is 1.96 bits per heavy atom. The number of rotatable bonds is 6. The Labute approximate surface area is 139 Å². The lowest BCUT2D eigenvalue weighted by atomic mass is 10.3. The van der Waals surface area contributed by atoms with Gasteiger partial charge in [0.15, 0.2) is 0 Å². The summed E-state index contributed by atoms with van der Waals surface area (Å²) in [6, 6.07) is 6.44. The standard InChI is InChI=1S/C15H20ClN5O2/c1-20(2)9-14(22)10-21-8-13(7-17-21)19-15(23)18-12-5-3-11(16)4-6-12/h3-8,14,22H,9-10H2,1-2H3,(H2,18,19,23). The summed E-state index contributed by atoms with van der Waals surface area (Å²) < 4.78 is 1.59. The van der Waals surface area contributed by atoms with Gasteiger partial charge >= 0.3 is 6.03 Å². The van der Waals surface area contributed by atoms with Crippen LogP contribution in [0.2, 0.25) is 5.02 Å². The minimum atomic E-state index is -0.527. The fraction of sp³-hybridized carbons (Fsp3) is 0.333. The highest BCUT2D eigenvalue weighted by atomic mass is 35.5. The van der Waals surface area contributed by atoms with Crippen molar-refractivity contribution in [3.05, 3.63) is 41.7 Å². The summed E-state index contributed by atoms with van der Waals surface area (Å²) in [4.78, 5) is 13.8. The molecule has 8 heteroatoms. The molecular weight excluding hydrogens is 318 g/mol. The summed E-state index contributed by atoms with van der Waals surface area (Å²) in [6.45, 7) is 0.901. The summed E-state index contributed by atoms with van der Waals surface area (Å²) in [5, 5.41) is 20.0. The van der Waals surface area contributed by atoms with E-state index in [-0.39, 0.29) is 6.03 Å². The molecule has 0 radical (unpaired) electrons. The van der Waals surface area contributed by atoms with Crippen molar-refractivity contribution >= 4 is 29.0 Å². The summed E-state index contributed by atoms with van der Waals surface area (Å²) in [6.07, 6.45) is 2.67. The molecule has 0 saturated heterocycles. The van der Waals surface area contributed by atoms with Crippen molar-refractivity contribution in [2.24, 2.45) is 0 Å². The Balaban J connectivity index is 1.86. The number of hydrogen-bond acceptors (Lipinski definition) is 4. The van der Waals surface area contributed by atoms with Crippen molar-refractivity contribution in [3.8, 4) is 0 Å². The number of anilines is 2. The Kier molecular flexibility index (Phi) is 5.97. The molecule has 0 aliphatic carbocycles. The van der Waals surface area contributed by atoms with Gasteiger partial charge in [-0.05, 0) is 38.4 Å². The predicted octanol–water partition coefficient (Wildman–Crippen LogP) is 2.10. The smallest absolute Gasteiger partial charge is 0.323 e. The van der Waals surface area contributed by atoms with Crippen LogP contribution < -0.4 is 10.6 Å². The van der Waals surface area contributed by atoms with Gasteiger partial charge in [0.1, 0.15) is 0 Å². The van der Waals surface area contributed by atoms with Crippen molar-refractivity contribution in [2.75, 3.05) is 31.3 Å². The molecule has 7 nitrogen and oxygen atoms in total. The van der Waals surface area contributed by atoms with Gasteiger partial charge in [-0.25, -0.2) is 4.79 Å². The lowest BCUT2D eigenvalue weighted by molar-refractivity contribution is 0.116. The van der Waals surface area contributed by atoms with Gasteiger partial charge in [-0.1, -0.05) is 11.6 Å². The molecule has 0 aliphatic heterocycles. The monoisotopic (exact) mass is 337 g/mol. The van der Waals surface area contributed by atoms with E-state index in [1.54, 1.807) is 35.1 Å². The number of urea groups is 1. The quantitative estimate of drug-likeness (QED) is 0.754.